The van der Waals surface area contributed by atoms with Crippen molar-refractivity contribution in [3.05, 3.63) is 55.1 Å². The van der Waals surface area contributed by atoms with Crippen LogP contribution in [0.3, 0.4) is 0 Å². The van der Waals surface area contributed by atoms with Crippen LogP contribution >= 0.6 is 0 Å². The van der Waals surface area contributed by atoms with Crippen LogP contribution in [0, 0.1) is 0 Å². The Kier molecular flexibility index (Phi) is 2.53. The molecular formula is C15H12N6. The van der Waals surface area contributed by atoms with Crippen molar-refractivity contribution >= 4 is 28.2 Å². The molecule has 0 amide bonds. The zero-order chi connectivity index (χ0) is 14.2. The lowest BCUT2D eigenvalue weighted by molar-refractivity contribution is 1.08. The molecule has 1 aromatic carbocycles. The summed E-state index contributed by atoms with van der Waals surface area (Å²) in [4.78, 5) is 10.7. The fourth-order valence-electron chi connectivity index (χ4n) is 2.45. The van der Waals surface area contributed by atoms with Crippen molar-refractivity contribution in [1.29, 1.82) is 0 Å². The minimum Gasteiger partial charge on any atom is -0.329 e. The highest BCUT2D eigenvalue weighted by Gasteiger charge is 2.13. The van der Waals surface area contributed by atoms with Gasteiger partial charge < -0.3 is 4.90 Å². The second-order valence-electron chi connectivity index (χ2n) is 4.72. The summed E-state index contributed by atoms with van der Waals surface area (Å²) in [7, 11) is 1.98. The minimum atomic E-state index is 0.588. The van der Waals surface area contributed by atoms with Crippen LogP contribution in [-0.4, -0.2) is 31.6 Å². The molecule has 4 aromatic rings. The number of benzene rings is 1. The summed E-state index contributed by atoms with van der Waals surface area (Å²) in [5.74, 6) is 1.43. The van der Waals surface area contributed by atoms with Crippen molar-refractivity contribution in [1.82, 2.24) is 24.6 Å². The van der Waals surface area contributed by atoms with Crippen molar-refractivity contribution < 1.29 is 0 Å². The maximum absolute atomic E-state index is 4.63. The molecule has 0 aliphatic rings. The lowest BCUT2D eigenvalue weighted by Gasteiger charge is -2.20. The summed E-state index contributed by atoms with van der Waals surface area (Å²) in [6.07, 6.45) is 5.22. The summed E-state index contributed by atoms with van der Waals surface area (Å²) >= 11 is 0. The highest BCUT2D eigenvalue weighted by atomic mass is 15.3. The Hall–Kier alpha value is -3.02. The third-order valence-electron chi connectivity index (χ3n) is 3.51. The number of hydrogen-bond acceptors (Lipinski definition) is 5. The van der Waals surface area contributed by atoms with Gasteiger partial charge >= 0.3 is 0 Å². The van der Waals surface area contributed by atoms with Gasteiger partial charge in [0.05, 0.1) is 5.52 Å². The van der Waals surface area contributed by atoms with Crippen LogP contribution in [0.2, 0.25) is 0 Å². The topological polar surface area (TPSA) is 59.2 Å². The molecule has 21 heavy (non-hydrogen) atoms. The number of pyridine rings is 1. The van der Waals surface area contributed by atoms with E-state index in [9.17, 15) is 0 Å². The van der Waals surface area contributed by atoms with Crippen LogP contribution in [0.4, 0.5) is 11.5 Å². The van der Waals surface area contributed by atoms with Gasteiger partial charge in [-0.05, 0) is 24.3 Å². The molecule has 0 atom stereocenters. The monoisotopic (exact) mass is 276 g/mol. The van der Waals surface area contributed by atoms with E-state index in [1.54, 1.807) is 18.7 Å². The summed E-state index contributed by atoms with van der Waals surface area (Å²) in [6.45, 7) is 0. The van der Waals surface area contributed by atoms with Gasteiger partial charge in [-0.1, -0.05) is 12.1 Å². The molecule has 3 heterocycles. The Morgan fingerprint density at radius 1 is 1.05 bits per heavy atom. The van der Waals surface area contributed by atoms with Crippen LogP contribution in [0.25, 0.3) is 16.7 Å². The first-order chi connectivity index (χ1) is 10.3. The third kappa shape index (κ3) is 1.80. The van der Waals surface area contributed by atoms with Crippen molar-refractivity contribution in [2.75, 3.05) is 11.9 Å². The predicted octanol–water partition coefficient (Wildman–Crippen LogP) is 2.44. The first kappa shape index (κ1) is 11.8. The Morgan fingerprint density at radius 2 is 1.86 bits per heavy atom. The number of fused-ring (bicyclic) bond motifs is 3. The van der Waals surface area contributed by atoms with Gasteiger partial charge in [0.15, 0.2) is 0 Å². The molecule has 0 fully saturated rings. The summed E-state index contributed by atoms with van der Waals surface area (Å²) in [6, 6.07) is 12.0. The molecule has 0 radical (unpaired) electrons. The molecule has 0 bridgehead atoms. The van der Waals surface area contributed by atoms with Crippen LogP contribution in [0.15, 0.2) is 55.1 Å². The number of hydrogen-bond donors (Lipinski definition) is 0. The average Bonchev–Trinajstić information content (AvgIpc) is 3.03. The van der Waals surface area contributed by atoms with Gasteiger partial charge in [-0.2, -0.15) is 4.98 Å². The molecule has 6 heteroatoms. The third-order valence-corrected chi connectivity index (χ3v) is 3.51. The number of nitrogens with zero attached hydrogens (tertiary/aromatic N) is 6. The molecule has 0 unspecified atom stereocenters. The van der Waals surface area contributed by atoms with Gasteiger partial charge in [0, 0.05) is 30.5 Å². The quantitative estimate of drug-likeness (QED) is 0.563. The van der Waals surface area contributed by atoms with E-state index >= 15 is 0 Å². The summed E-state index contributed by atoms with van der Waals surface area (Å²) < 4.78 is 1.89. The molecule has 3 aromatic heterocycles. The van der Waals surface area contributed by atoms with Gasteiger partial charge in [-0.25, -0.2) is 0 Å². The van der Waals surface area contributed by atoms with Gasteiger partial charge in [0.1, 0.15) is 12.1 Å². The number of anilines is 2. The van der Waals surface area contributed by atoms with Crippen LogP contribution in [0.5, 0.6) is 0 Å². The normalized spacial score (nSPS) is 11.1. The maximum atomic E-state index is 4.63. The summed E-state index contributed by atoms with van der Waals surface area (Å²) in [5, 5.41) is 9.06. The number of aromatic nitrogens is 5. The van der Waals surface area contributed by atoms with E-state index in [-0.39, 0.29) is 0 Å². The zero-order valence-electron chi connectivity index (χ0n) is 11.4. The SMILES string of the molecule is CN(c1ccncc1)c1nc2nncn2c2ccccc12. The highest BCUT2D eigenvalue weighted by molar-refractivity contribution is 5.93. The Morgan fingerprint density at radius 3 is 2.71 bits per heavy atom. The van der Waals surface area contributed by atoms with Crippen molar-refractivity contribution in [3.63, 3.8) is 0 Å². The van der Waals surface area contributed by atoms with Crippen molar-refractivity contribution in [2.24, 2.45) is 0 Å². The van der Waals surface area contributed by atoms with Gasteiger partial charge in [0.2, 0.25) is 0 Å². The molecule has 0 saturated heterocycles. The summed E-state index contributed by atoms with van der Waals surface area (Å²) in [5.41, 5.74) is 2.05. The number of rotatable bonds is 2. The first-order valence-electron chi connectivity index (χ1n) is 6.57. The molecule has 0 spiro atoms. The lowest BCUT2D eigenvalue weighted by Crippen LogP contribution is -2.12. The fraction of sp³-hybridized carbons (Fsp3) is 0.0667. The highest BCUT2D eigenvalue weighted by Crippen LogP contribution is 2.29. The maximum Gasteiger partial charge on any atom is 0.257 e. The van der Waals surface area contributed by atoms with Crippen LogP contribution < -0.4 is 4.90 Å². The average molecular weight is 276 g/mol. The molecule has 6 nitrogen and oxygen atoms in total. The Labute approximate surface area is 120 Å². The molecule has 0 aliphatic heterocycles. The lowest BCUT2D eigenvalue weighted by atomic mass is 10.2. The standard InChI is InChI=1S/C15H12N6/c1-20(11-6-8-16-9-7-11)14-12-4-2-3-5-13(12)21-10-17-19-15(21)18-14/h2-10H,1H3. The molecule has 4 rings (SSSR count). The Bertz CT molecular complexity index is 915. The van der Waals surface area contributed by atoms with Gasteiger partial charge in [0.25, 0.3) is 5.78 Å². The van der Waals surface area contributed by atoms with E-state index in [4.69, 9.17) is 0 Å². The van der Waals surface area contributed by atoms with E-state index < -0.39 is 0 Å². The molecule has 0 aliphatic carbocycles. The molecular weight excluding hydrogens is 264 g/mol. The van der Waals surface area contributed by atoms with Crippen molar-refractivity contribution in [3.8, 4) is 0 Å². The number of para-hydroxylation sites is 1. The van der Waals surface area contributed by atoms with Gasteiger partial charge in [-0.3, -0.25) is 9.38 Å². The Balaban J connectivity index is 2.02. The zero-order valence-corrected chi connectivity index (χ0v) is 11.4. The second kappa shape index (κ2) is 4.52. The van der Waals surface area contributed by atoms with Crippen LogP contribution in [0.1, 0.15) is 0 Å². The van der Waals surface area contributed by atoms with Crippen molar-refractivity contribution in [2.45, 2.75) is 0 Å². The smallest absolute Gasteiger partial charge is 0.257 e. The largest absolute Gasteiger partial charge is 0.329 e. The predicted molar refractivity (Wildman–Crippen MR) is 80.6 cm³/mol. The second-order valence-corrected chi connectivity index (χ2v) is 4.72. The van der Waals surface area contributed by atoms with E-state index in [2.05, 4.69) is 26.2 Å². The van der Waals surface area contributed by atoms with Crippen LogP contribution in [-0.2, 0) is 0 Å². The van der Waals surface area contributed by atoms with E-state index in [1.807, 2.05) is 46.7 Å². The first-order valence-corrected chi connectivity index (χ1v) is 6.57. The molecule has 0 saturated carbocycles. The minimum absolute atomic E-state index is 0.588. The van der Waals surface area contributed by atoms with E-state index in [0.717, 1.165) is 22.4 Å². The molecule has 102 valence electrons. The van der Waals surface area contributed by atoms with Gasteiger partial charge in [-0.15, -0.1) is 10.2 Å². The van der Waals surface area contributed by atoms with E-state index in [1.165, 1.54) is 0 Å². The fourth-order valence-corrected chi connectivity index (χ4v) is 2.45. The van der Waals surface area contributed by atoms with E-state index in [0.29, 0.717) is 5.78 Å². The molecule has 0 N–H and O–H groups in total.